The van der Waals surface area contributed by atoms with Crippen LogP contribution in [0.5, 0.6) is 5.75 Å². The molecule has 104 valence electrons. The van der Waals surface area contributed by atoms with E-state index in [2.05, 4.69) is 38.2 Å². The fourth-order valence-electron chi connectivity index (χ4n) is 3.18. The monoisotopic (exact) mass is 261 g/mol. The Morgan fingerprint density at radius 1 is 1.26 bits per heavy atom. The van der Waals surface area contributed by atoms with Gasteiger partial charge in [-0.15, -0.1) is 0 Å². The third-order valence-electron chi connectivity index (χ3n) is 4.28. The Balaban J connectivity index is 1.76. The molecule has 0 radical (unpaired) electrons. The number of fused-ring (bicyclic) bond motifs is 1. The molecule has 1 fully saturated rings. The first-order valence-electron chi connectivity index (χ1n) is 7.16. The van der Waals surface area contributed by atoms with Gasteiger partial charge in [-0.2, -0.15) is 0 Å². The number of nitrogens with one attached hydrogen (secondary N) is 1. The summed E-state index contributed by atoms with van der Waals surface area (Å²) in [5.74, 6) is 1.00. The molecule has 0 bridgehead atoms. The van der Waals surface area contributed by atoms with Crippen LogP contribution in [0.4, 0.5) is 0 Å². The lowest BCUT2D eigenvalue weighted by atomic mass is 9.93. The van der Waals surface area contributed by atoms with Crippen molar-refractivity contribution in [3.05, 3.63) is 29.8 Å². The fraction of sp³-hybridized carbons (Fsp3) is 0.625. The van der Waals surface area contributed by atoms with Gasteiger partial charge < -0.3 is 14.8 Å². The van der Waals surface area contributed by atoms with Crippen LogP contribution in [-0.2, 0) is 4.74 Å². The van der Waals surface area contributed by atoms with Crippen molar-refractivity contribution in [2.24, 2.45) is 0 Å². The Labute approximate surface area is 115 Å². The van der Waals surface area contributed by atoms with Gasteiger partial charge in [0.15, 0.2) is 0 Å². The molecule has 0 aliphatic carbocycles. The molecule has 3 heteroatoms. The first kappa shape index (κ1) is 12.9. The highest BCUT2D eigenvalue weighted by atomic mass is 16.5. The average molecular weight is 261 g/mol. The van der Waals surface area contributed by atoms with E-state index in [0.29, 0.717) is 0 Å². The first-order valence-corrected chi connectivity index (χ1v) is 7.16. The number of para-hydroxylation sites is 1. The van der Waals surface area contributed by atoms with Gasteiger partial charge >= 0.3 is 0 Å². The standard InChI is InChI=1S/C16H23NO2/c1-15(2)14(12-7-4-5-8-13(12)19-15)17-11-16(3)9-6-10-18-16/h4-5,7-8,14,17H,6,9-11H2,1-3H3. The molecule has 1 N–H and O–H groups in total. The van der Waals surface area contributed by atoms with E-state index in [4.69, 9.17) is 9.47 Å². The van der Waals surface area contributed by atoms with Gasteiger partial charge in [-0.3, -0.25) is 0 Å². The van der Waals surface area contributed by atoms with Crippen LogP contribution < -0.4 is 10.1 Å². The summed E-state index contributed by atoms with van der Waals surface area (Å²) in [5, 5.41) is 3.66. The van der Waals surface area contributed by atoms with Crippen LogP contribution in [-0.4, -0.2) is 24.4 Å². The van der Waals surface area contributed by atoms with Crippen molar-refractivity contribution in [3.63, 3.8) is 0 Å². The highest BCUT2D eigenvalue weighted by molar-refractivity contribution is 5.42. The summed E-state index contributed by atoms with van der Waals surface area (Å²) in [7, 11) is 0. The molecule has 1 aromatic rings. The van der Waals surface area contributed by atoms with Gasteiger partial charge in [0.1, 0.15) is 11.4 Å². The molecule has 0 spiro atoms. The van der Waals surface area contributed by atoms with Gasteiger partial charge in [0.2, 0.25) is 0 Å². The number of benzene rings is 1. The molecule has 0 aromatic heterocycles. The summed E-state index contributed by atoms with van der Waals surface area (Å²) in [4.78, 5) is 0. The molecule has 0 amide bonds. The normalized spacial score (nSPS) is 32.1. The number of ether oxygens (including phenoxy) is 2. The van der Waals surface area contributed by atoms with Gasteiger partial charge in [0.05, 0.1) is 11.6 Å². The Bertz CT molecular complexity index is 464. The lowest BCUT2D eigenvalue weighted by Gasteiger charge is -2.31. The van der Waals surface area contributed by atoms with Crippen LogP contribution in [0.2, 0.25) is 0 Å². The topological polar surface area (TPSA) is 30.5 Å². The summed E-state index contributed by atoms with van der Waals surface area (Å²) in [6.07, 6.45) is 2.30. The largest absolute Gasteiger partial charge is 0.486 e. The van der Waals surface area contributed by atoms with Crippen molar-refractivity contribution in [1.29, 1.82) is 0 Å². The van der Waals surface area contributed by atoms with E-state index < -0.39 is 0 Å². The molecule has 1 saturated heterocycles. The molecule has 2 aliphatic rings. The van der Waals surface area contributed by atoms with Crippen LogP contribution in [0, 0.1) is 0 Å². The Morgan fingerprint density at radius 3 is 2.79 bits per heavy atom. The SMILES string of the molecule is CC1(CNC2c3ccccc3OC2(C)C)CCCO1. The zero-order chi connectivity index (χ0) is 13.5. The molecule has 2 aliphatic heterocycles. The summed E-state index contributed by atoms with van der Waals surface area (Å²) in [5.41, 5.74) is 1.03. The summed E-state index contributed by atoms with van der Waals surface area (Å²) >= 11 is 0. The Hall–Kier alpha value is -1.06. The summed E-state index contributed by atoms with van der Waals surface area (Å²) < 4.78 is 11.9. The lowest BCUT2D eigenvalue weighted by molar-refractivity contribution is 0.0107. The van der Waals surface area contributed by atoms with E-state index >= 15 is 0 Å². The van der Waals surface area contributed by atoms with E-state index in [1.165, 1.54) is 12.0 Å². The van der Waals surface area contributed by atoms with Crippen molar-refractivity contribution in [3.8, 4) is 5.75 Å². The first-order chi connectivity index (χ1) is 9.00. The number of rotatable bonds is 3. The van der Waals surface area contributed by atoms with E-state index in [9.17, 15) is 0 Å². The zero-order valence-electron chi connectivity index (χ0n) is 12.0. The second kappa shape index (κ2) is 4.50. The predicted molar refractivity (Wildman–Crippen MR) is 75.5 cm³/mol. The molecule has 3 nitrogen and oxygen atoms in total. The molecule has 3 rings (SSSR count). The van der Waals surface area contributed by atoms with Crippen molar-refractivity contribution in [1.82, 2.24) is 5.32 Å². The van der Waals surface area contributed by atoms with Crippen molar-refractivity contribution < 1.29 is 9.47 Å². The molecular formula is C16H23NO2. The van der Waals surface area contributed by atoms with Crippen molar-refractivity contribution in [2.75, 3.05) is 13.2 Å². The molecule has 0 saturated carbocycles. The molecule has 2 unspecified atom stereocenters. The van der Waals surface area contributed by atoms with Gasteiger partial charge in [0, 0.05) is 18.7 Å². The van der Waals surface area contributed by atoms with Crippen molar-refractivity contribution in [2.45, 2.75) is 50.9 Å². The van der Waals surface area contributed by atoms with Crippen LogP contribution in [0.15, 0.2) is 24.3 Å². The van der Waals surface area contributed by atoms with Gasteiger partial charge in [-0.25, -0.2) is 0 Å². The summed E-state index contributed by atoms with van der Waals surface area (Å²) in [6, 6.07) is 8.53. The van der Waals surface area contributed by atoms with Crippen LogP contribution in [0.25, 0.3) is 0 Å². The maximum atomic E-state index is 6.05. The van der Waals surface area contributed by atoms with Gasteiger partial charge in [-0.1, -0.05) is 18.2 Å². The third kappa shape index (κ3) is 2.37. The minimum atomic E-state index is -0.210. The minimum absolute atomic E-state index is 0.0202. The molecule has 2 heterocycles. The highest BCUT2D eigenvalue weighted by Crippen LogP contribution is 2.43. The molecule has 2 atom stereocenters. The number of hydrogen-bond acceptors (Lipinski definition) is 3. The van der Waals surface area contributed by atoms with Crippen LogP contribution >= 0.6 is 0 Å². The van der Waals surface area contributed by atoms with Crippen molar-refractivity contribution >= 4 is 0 Å². The molecular weight excluding hydrogens is 238 g/mol. The fourth-order valence-corrected chi connectivity index (χ4v) is 3.18. The Morgan fingerprint density at radius 2 is 2.05 bits per heavy atom. The number of hydrogen-bond donors (Lipinski definition) is 1. The van der Waals surface area contributed by atoms with E-state index in [0.717, 1.165) is 25.3 Å². The second-order valence-electron chi connectivity index (χ2n) is 6.46. The second-order valence-corrected chi connectivity index (χ2v) is 6.46. The van der Waals surface area contributed by atoms with E-state index in [1.54, 1.807) is 0 Å². The minimum Gasteiger partial charge on any atom is -0.486 e. The van der Waals surface area contributed by atoms with Gasteiger partial charge in [-0.05, 0) is 39.7 Å². The highest BCUT2D eigenvalue weighted by Gasteiger charge is 2.42. The zero-order valence-corrected chi connectivity index (χ0v) is 12.0. The van der Waals surface area contributed by atoms with Crippen LogP contribution in [0.3, 0.4) is 0 Å². The third-order valence-corrected chi connectivity index (χ3v) is 4.28. The molecule has 19 heavy (non-hydrogen) atoms. The van der Waals surface area contributed by atoms with Crippen LogP contribution in [0.1, 0.15) is 45.2 Å². The predicted octanol–water partition coefficient (Wildman–Crippen LogP) is 3.06. The average Bonchev–Trinajstić information content (AvgIpc) is 2.88. The molecule has 1 aromatic carbocycles. The summed E-state index contributed by atoms with van der Waals surface area (Å²) in [6.45, 7) is 8.24. The quantitative estimate of drug-likeness (QED) is 0.907. The lowest BCUT2D eigenvalue weighted by Crippen LogP contribution is -2.45. The maximum Gasteiger partial charge on any atom is 0.125 e. The Kier molecular flexibility index (Phi) is 3.06. The van der Waals surface area contributed by atoms with E-state index in [-0.39, 0.29) is 17.2 Å². The smallest absolute Gasteiger partial charge is 0.125 e. The van der Waals surface area contributed by atoms with Gasteiger partial charge in [0.25, 0.3) is 0 Å². The van der Waals surface area contributed by atoms with E-state index in [1.807, 2.05) is 12.1 Å². The maximum absolute atomic E-state index is 6.05.